The molecule has 28 heavy (non-hydrogen) atoms. The highest BCUT2D eigenvalue weighted by molar-refractivity contribution is 6.03. The minimum atomic E-state index is -0.722. The standard InChI is InChI=1S/C23H18O5/c1-26-16-12-10-15(11-13-16)21-14-27-22(24)19-8-4-2-6-17(19)18-7-3-5-9-20(18)23(25)28-21/h2-13,21H,14H2,1H3/t21-/m1/s1. The maximum Gasteiger partial charge on any atom is 0.339 e. The second kappa shape index (κ2) is 7.56. The van der Waals surface area contributed by atoms with Gasteiger partial charge in [-0.1, -0.05) is 48.5 Å². The highest BCUT2D eigenvalue weighted by Gasteiger charge is 2.26. The molecule has 5 nitrogen and oxygen atoms in total. The van der Waals surface area contributed by atoms with Crippen LogP contribution in [-0.2, 0) is 9.47 Å². The van der Waals surface area contributed by atoms with Crippen LogP contribution in [-0.4, -0.2) is 25.7 Å². The van der Waals surface area contributed by atoms with Gasteiger partial charge in [0.25, 0.3) is 0 Å². The van der Waals surface area contributed by atoms with Crippen LogP contribution < -0.4 is 4.74 Å². The number of hydrogen-bond donors (Lipinski definition) is 0. The van der Waals surface area contributed by atoms with Gasteiger partial charge < -0.3 is 14.2 Å². The van der Waals surface area contributed by atoms with Crippen molar-refractivity contribution in [1.29, 1.82) is 0 Å². The molecule has 0 amide bonds. The summed E-state index contributed by atoms with van der Waals surface area (Å²) in [6.07, 6.45) is -0.722. The summed E-state index contributed by atoms with van der Waals surface area (Å²) in [4.78, 5) is 25.6. The summed E-state index contributed by atoms with van der Waals surface area (Å²) >= 11 is 0. The summed E-state index contributed by atoms with van der Waals surface area (Å²) in [6.45, 7) is -0.0760. The molecule has 0 saturated heterocycles. The Kier molecular flexibility index (Phi) is 4.81. The van der Waals surface area contributed by atoms with E-state index in [1.165, 1.54) is 0 Å². The Bertz CT molecular complexity index is 1020. The van der Waals surface area contributed by atoms with Crippen molar-refractivity contribution in [3.8, 4) is 16.9 Å². The third-order valence-corrected chi connectivity index (χ3v) is 4.69. The fourth-order valence-electron chi connectivity index (χ4n) is 3.23. The van der Waals surface area contributed by atoms with Gasteiger partial charge in [-0.25, -0.2) is 9.59 Å². The predicted molar refractivity (Wildman–Crippen MR) is 103 cm³/mol. The predicted octanol–water partition coefficient (Wildman–Crippen LogP) is 4.43. The number of methoxy groups -OCH3 is 1. The van der Waals surface area contributed by atoms with Gasteiger partial charge in [-0.05, 0) is 41.0 Å². The van der Waals surface area contributed by atoms with E-state index < -0.39 is 18.0 Å². The molecule has 0 N–H and O–H groups in total. The molecule has 0 aromatic heterocycles. The van der Waals surface area contributed by atoms with Gasteiger partial charge in [0.05, 0.1) is 18.2 Å². The first-order chi connectivity index (χ1) is 13.7. The lowest BCUT2D eigenvalue weighted by atomic mass is 9.95. The second-order valence-electron chi connectivity index (χ2n) is 6.36. The van der Waals surface area contributed by atoms with E-state index in [4.69, 9.17) is 14.2 Å². The van der Waals surface area contributed by atoms with Crippen LogP contribution in [0.5, 0.6) is 5.75 Å². The first kappa shape index (κ1) is 17.8. The van der Waals surface area contributed by atoms with Crippen LogP contribution >= 0.6 is 0 Å². The third kappa shape index (κ3) is 3.34. The van der Waals surface area contributed by atoms with Crippen LogP contribution in [0.2, 0.25) is 0 Å². The summed E-state index contributed by atoms with van der Waals surface area (Å²) in [6, 6.07) is 21.3. The molecule has 0 fully saturated rings. The lowest BCUT2D eigenvalue weighted by molar-refractivity contribution is -0.00152. The van der Waals surface area contributed by atoms with E-state index in [9.17, 15) is 9.59 Å². The van der Waals surface area contributed by atoms with Gasteiger partial charge in [0.2, 0.25) is 0 Å². The maximum atomic E-state index is 12.9. The number of hydrogen-bond acceptors (Lipinski definition) is 5. The number of ether oxygens (including phenoxy) is 3. The van der Waals surface area contributed by atoms with Crippen LogP contribution in [0.15, 0.2) is 72.8 Å². The van der Waals surface area contributed by atoms with E-state index in [2.05, 4.69) is 0 Å². The lowest BCUT2D eigenvalue weighted by Gasteiger charge is -2.22. The molecular weight excluding hydrogens is 356 g/mol. The molecule has 0 unspecified atom stereocenters. The normalized spacial score (nSPS) is 16.2. The zero-order valence-corrected chi connectivity index (χ0v) is 15.3. The van der Waals surface area contributed by atoms with E-state index in [1.54, 1.807) is 67.8 Å². The van der Waals surface area contributed by atoms with Crippen molar-refractivity contribution in [3.05, 3.63) is 89.5 Å². The molecule has 0 radical (unpaired) electrons. The Morgan fingerprint density at radius 2 is 1.29 bits per heavy atom. The summed E-state index contributed by atoms with van der Waals surface area (Å²) < 4.78 is 16.4. The summed E-state index contributed by atoms with van der Waals surface area (Å²) in [7, 11) is 1.58. The van der Waals surface area contributed by atoms with Gasteiger partial charge >= 0.3 is 11.9 Å². The van der Waals surface area contributed by atoms with Gasteiger partial charge in [-0.2, -0.15) is 0 Å². The van der Waals surface area contributed by atoms with E-state index in [0.717, 1.165) is 0 Å². The minimum Gasteiger partial charge on any atom is -0.497 e. The molecule has 0 saturated carbocycles. The largest absolute Gasteiger partial charge is 0.497 e. The van der Waals surface area contributed by atoms with Crippen molar-refractivity contribution in [1.82, 2.24) is 0 Å². The highest BCUT2D eigenvalue weighted by atomic mass is 16.6. The third-order valence-electron chi connectivity index (χ3n) is 4.69. The topological polar surface area (TPSA) is 61.8 Å². The number of rotatable bonds is 2. The van der Waals surface area contributed by atoms with Gasteiger partial charge in [0.1, 0.15) is 12.4 Å². The molecule has 3 aromatic carbocycles. The number of benzene rings is 3. The quantitative estimate of drug-likeness (QED) is 0.621. The number of cyclic esters (lactones) is 2. The molecule has 4 rings (SSSR count). The zero-order valence-electron chi connectivity index (χ0n) is 15.3. The van der Waals surface area contributed by atoms with Gasteiger partial charge in [-0.3, -0.25) is 0 Å². The molecule has 1 aliphatic rings. The van der Waals surface area contributed by atoms with Gasteiger partial charge in [0.15, 0.2) is 6.10 Å². The smallest absolute Gasteiger partial charge is 0.339 e. The molecular formula is C23H18O5. The van der Waals surface area contributed by atoms with E-state index in [-0.39, 0.29) is 6.61 Å². The fourth-order valence-corrected chi connectivity index (χ4v) is 3.23. The van der Waals surface area contributed by atoms with Crippen molar-refractivity contribution >= 4 is 11.9 Å². The molecule has 0 aliphatic carbocycles. The van der Waals surface area contributed by atoms with Crippen LogP contribution in [0.3, 0.4) is 0 Å². The average Bonchev–Trinajstić information content (AvgIpc) is 2.76. The highest BCUT2D eigenvalue weighted by Crippen LogP contribution is 2.31. The number of carbonyl (C=O) groups is 2. The summed E-state index contributed by atoms with van der Waals surface area (Å²) in [5.74, 6) is -0.239. The summed E-state index contributed by atoms with van der Waals surface area (Å²) in [5, 5.41) is 0. The Balaban J connectivity index is 1.78. The fraction of sp³-hybridized carbons (Fsp3) is 0.130. The van der Waals surface area contributed by atoms with E-state index in [0.29, 0.717) is 33.6 Å². The van der Waals surface area contributed by atoms with E-state index in [1.807, 2.05) is 12.1 Å². The van der Waals surface area contributed by atoms with Crippen LogP contribution in [0.1, 0.15) is 32.4 Å². The Morgan fingerprint density at radius 3 is 1.86 bits per heavy atom. The number of esters is 2. The van der Waals surface area contributed by atoms with E-state index >= 15 is 0 Å². The van der Waals surface area contributed by atoms with Crippen LogP contribution in [0.4, 0.5) is 0 Å². The molecule has 3 aromatic rings. The molecule has 5 heteroatoms. The van der Waals surface area contributed by atoms with Crippen molar-refractivity contribution in [2.45, 2.75) is 6.10 Å². The van der Waals surface area contributed by atoms with Crippen molar-refractivity contribution in [3.63, 3.8) is 0 Å². The maximum absolute atomic E-state index is 12.9. The SMILES string of the molecule is COc1ccc([C@H]2COC(=O)c3ccccc3-c3ccccc3C(=O)O2)cc1. The van der Waals surface area contributed by atoms with Gasteiger partial charge in [0, 0.05) is 0 Å². The minimum absolute atomic E-state index is 0.0760. The molecule has 0 spiro atoms. The Hall–Kier alpha value is -3.60. The van der Waals surface area contributed by atoms with Crippen molar-refractivity contribution < 1.29 is 23.8 Å². The average molecular weight is 374 g/mol. The molecule has 1 heterocycles. The lowest BCUT2D eigenvalue weighted by Crippen LogP contribution is -2.21. The molecule has 1 aliphatic heterocycles. The van der Waals surface area contributed by atoms with Crippen molar-refractivity contribution in [2.24, 2.45) is 0 Å². The Morgan fingerprint density at radius 1 is 0.750 bits per heavy atom. The summed E-state index contributed by atoms with van der Waals surface area (Å²) in [5.41, 5.74) is 2.81. The molecule has 140 valence electrons. The number of carbonyl (C=O) groups excluding carboxylic acids is 2. The molecule has 0 bridgehead atoms. The van der Waals surface area contributed by atoms with Crippen LogP contribution in [0.25, 0.3) is 11.1 Å². The Labute approximate surface area is 162 Å². The van der Waals surface area contributed by atoms with Crippen molar-refractivity contribution in [2.75, 3.05) is 13.7 Å². The first-order valence-corrected chi connectivity index (χ1v) is 8.88. The second-order valence-corrected chi connectivity index (χ2v) is 6.36. The van der Waals surface area contributed by atoms with Gasteiger partial charge in [-0.15, -0.1) is 0 Å². The first-order valence-electron chi connectivity index (χ1n) is 8.88. The zero-order chi connectivity index (χ0) is 19.5. The van der Waals surface area contributed by atoms with Crippen LogP contribution in [0, 0.1) is 0 Å². The molecule has 1 atom stereocenters. The number of fused-ring (bicyclic) bond motifs is 3. The monoisotopic (exact) mass is 374 g/mol.